The van der Waals surface area contributed by atoms with Crippen LogP contribution in [0.15, 0.2) is 53.5 Å². The van der Waals surface area contributed by atoms with Crippen LogP contribution in [0.1, 0.15) is 11.5 Å². The molecular weight excluding hydrogens is 330 g/mol. The highest BCUT2D eigenvalue weighted by molar-refractivity contribution is 5.94. The van der Waals surface area contributed by atoms with Gasteiger partial charge in [-0.2, -0.15) is 0 Å². The number of non-ortho nitro benzene ring substituents is 1. The standard InChI is InChI=1S/C19H21N5O2/c1-22(2)19-16(12-8-10-13(11-9-12)24(25)26)17-18(21-19)20-14-6-4-5-7-15(14)23(17)3/h4-11,16-18,20H,1-3H3/t16-,17-,18+/m1/s1. The van der Waals surface area contributed by atoms with E-state index in [1.165, 1.54) is 0 Å². The number of nitrogens with one attached hydrogen (secondary N) is 1. The third-order valence-corrected chi connectivity index (χ3v) is 5.17. The van der Waals surface area contributed by atoms with Crippen LogP contribution in [0.2, 0.25) is 0 Å². The Morgan fingerprint density at radius 3 is 2.50 bits per heavy atom. The van der Waals surface area contributed by atoms with Crippen LogP contribution in [0.3, 0.4) is 0 Å². The number of para-hydroxylation sites is 2. The minimum atomic E-state index is -0.368. The molecule has 0 radical (unpaired) electrons. The molecule has 0 unspecified atom stereocenters. The Kier molecular flexibility index (Phi) is 3.79. The molecule has 0 bridgehead atoms. The molecule has 7 heteroatoms. The lowest BCUT2D eigenvalue weighted by atomic mass is 9.88. The van der Waals surface area contributed by atoms with Crippen LogP contribution in [0.25, 0.3) is 0 Å². The van der Waals surface area contributed by atoms with Gasteiger partial charge in [0.1, 0.15) is 12.0 Å². The van der Waals surface area contributed by atoms with Crippen LogP contribution in [-0.4, -0.2) is 49.0 Å². The first-order chi connectivity index (χ1) is 12.5. The molecule has 2 aromatic rings. The van der Waals surface area contributed by atoms with E-state index < -0.39 is 0 Å². The van der Waals surface area contributed by atoms with Gasteiger partial charge in [-0.1, -0.05) is 24.3 Å². The van der Waals surface area contributed by atoms with Crippen LogP contribution in [0, 0.1) is 10.1 Å². The fourth-order valence-corrected chi connectivity index (χ4v) is 3.95. The van der Waals surface area contributed by atoms with Crippen molar-refractivity contribution < 1.29 is 4.92 Å². The number of hydrogen-bond donors (Lipinski definition) is 1. The van der Waals surface area contributed by atoms with Crippen LogP contribution in [-0.2, 0) is 0 Å². The second kappa shape index (κ2) is 6.01. The molecule has 2 heterocycles. The van der Waals surface area contributed by atoms with E-state index in [2.05, 4.69) is 29.4 Å². The maximum Gasteiger partial charge on any atom is 0.269 e. The highest BCUT2D eigenvalue weighted by atomic mass is 16.6. The van der Waals surface area contributed by atoms with E-state index in [4.69, 9.17) is 4.99 Å². The summed E-state index contributed by atoms with van der Waals surface area (Å²) in [5.74, 6) is 1.00. The lowest BCUT2D eigenvalue weighted by Crippen LogP contribution is -2.49. The monoisotopic (exact) mass is 351 g/mol. The van der Waals surface area contributed by atoms with Gasteiger partial charge in [0.2, 0.25) is 0 Å². The molecule has 0 saturated carbocycles. The molecule has 7 nitrogen and oxygen atoms in total. The van der Waals surface area contributed by atoms with E-state index in [1.54, 1.807) is 12.1 Å². The predicted molar refractivity (Wildman–Crippen MR) is 103 cm³/mol. The predicted octanol–water partition coefficient (Wildman–Crippen LogP) is 2.91. The van der Waals surface area contributed by atoms with E-state index in [9.17, 15) is 10.1 Å². The van der Waals surface area contributed by atoms with Crippen molar-refractivity contribution in [2.75, 3.05) is 31.4 Å². The Balaban J connectivity index is 1.77. The molecule has 0 aromatic heterocycles. The Morgan fingerprint density at radius 2 is 1.85 bits per heavy atom. The Hall–Kier alpha value is -3.09. The second-order valence-corrected chi connectivity index (χ2v) is 6.92. The molecule has 1 N–H and O–H groups in total. The summed E-state index contributed by atoms with van der Waals surface area (Å²) in [6.07, 6.45) is -0.0625. The van der Waals surface area contributed by atoms with Crippen molar-refractivity contribution >= 4 is 22.9 Å². The molecule has 0 amide bonds. The smallest absolute Gasteiger partial charge is 0.269 e. The van der Waals surface area contributed by atoms with Crippen molar-refractivity contribution in [3.05, 3.63) is 64.2 Å². The summed E-state index contributed by atoms with van der Waals surface area (Å²) in [5, 5.41) is 14.5. The van der Waals surface area contributed by atoms with E-state index in [1.807, 2.05) is 43.3 Å². The molecular formula is C19H21N5O2. The van der Waals surface area contributed by atoms with Crippen LogP contribution < -0.4 is 10.2 Å². The van der Waals surface area contributed by atoms with Gasteiger partial charge >= 0.3 is 0 Å². The number of nitro benzene ring substituents is 1. The maximum atomic E-state index is 11.0. The number of nitro groups is 1. The number of fused-ring (bicyclic) bond motifs is 2. The summed E-state index contributed by atoms with van der Waals surface area (Å²) in [6, 6.07) is 15.1. The molecule has 0 spiro atoms. The number of hydrogen-bond acceptors (Lipinski definition) is 6. The molecule has 2 aromatic carbocycles. The molecule has 0 saturated heterocycles. The molecule has 134 valence electrons. The summed E-state index contributed by atoms with van der Waals surface area (Å²) in [5.41, 5.74) is 3.34. The number of benzene rings is 2. The molecule has 0 fully saturated rings. The molecule has 3 atom stereocenters. The number of nitrogens with zero attached hydrogens (tertiary/aromatic N) is 4. The third-order valence-electron chi connectivity index (χ3n) is 5.17. The van der Waals surface area contributed by atoms with E-state index in [0.29, 0.717) is 0 Å². The van der Waals surface area contributed by atoms with Gasteiger partial charge < -0.3 is 15.1 Å². The first-order valence-electron chi connectivity index (χ1n) is 8.55. The Labute approximate surface area is 152 Å². The Bertz CT molecular complexity index is 878. The largest absolute Gasteiger partial charge is 0.366 e. The van der Waals surface area contributed by atoms with E-state index in [-0.39, 0.29) is 28.7 Å². The van der Waals surface area contributed by atoms with Crippen LogP contribution in [0.4, 0.5) is 17.1 Å². The van der Waals surface area contributed by atoms with Crippen molar-refractivity contribution in [1.29, 1.82) is 0 Å². The number of anilines is 2. The first kappa shape index (κ1) is 16.4. The highest BCUT2D eigenvalue weighted by Gasteiger charge is 2.46. The van der Waals surface area contributed by atoms with E-state index in [0.717, 1.165) is 22.8 Å². The minimum absolute atomic E-state index is 0.0293. The van der Waals surface area contributed by atoms with Gasteiger partial charge in [0.05, 0.1) is 28.3 Å². The van der Waals surface area contributed by atoms with Gasteiger partial charge in [-0.05, 0) is 17.7 Å². The third kappa shape index (κ3) is 2.47. The van der Waals surface area contributed by atoms with Crippen molar-refractivity contribution in [2.45, 2.75) is 18.1 Å². The topological polar surface area (TPSA) is 74.0 Å². The normalized spacial score (nSPS) is 23.6. The minimum Gasteiger partial charge on any atom is -0.366 e. The van der Waals surface area contributed by atoms with Crippen LogP contribution in [0.5, 0.6) is 0 Å². The second-order valence-electron chi connectivity index (χ2n) is 6.92. The van der Waals surface area contributed by atoms with Gasteiger partial charge in [0.25, 0.3) is 5.69 Å². The molecule has 2 aliphatic rings. The highest BCUT2D eigenvalue weighted by Crippen LogP contribution is 2.42. The van der Waals surface area contributed by atoms with E-state index >= 15 is 0 Å². The summed E-state index contributed by atoms with van der Waals surface area (Å²) >= 11 is 0. The van der Waals surface area contributed by atoms with Crippen molar-refractivity contribution in [1.82, 2.24) is 4.90 Å². The lowest BCUT2D eigenvalue weighted by molar-refractivity contribution is -0.384. The zero-order chi connectivity index (χ0) is 18.4. The quantitative estimate of drug-likeness (QED) is 0.665. The van der Waals surface area contributed by atoms with Gasteiger partial charge in [-0.3, -0.25) is 10.1 Å². The summed E-state index contributed by atoms with van der Waals surface area (Å²) in [6.45, 7) is 0. The molecule has 0 aliphatic carbocycles. The first-order valence-corrected chi connectivity index (χ1v) is 8.55. The fourth-order valence-electron chi connectivity index (χ4n) is 3.95. The SMILES string of the molecule is CN(C)C1=N[C@@H]2Nc3ccccc3N(C)[C@@H]2[C@H]1c1ccc([N+](=O)[O-])cc1. The number of rotatable bonds is 2. The summed E-state index contributed by atoms with van der Waals surface area (Å²) < 4.78 is 0. The average Bonchev–Trinajstić information content (AvgIpc) is 3.02. The molecule has 4 rings (SSSR count). The molecule has 2 aliphatic heterocycles. The lowest BCUT2D eigenvalue weighted by Gasteiger charge is -2.41. The van der Waals surface area contributed by atoms with Gasteiger partial charge in [0, 0.05) is 33.3 Å². The maximum absolute atomic E-state index is 11.0. The van der Waals surface area contributed by atoms with Gasteiger partial charge in [-0.25, -0.2) is 4.99 Å². The van der Waals surface area contributed by atoms with Crippen molar-refractivity contribution in [3.8, 4) is 0 Å². The number of amidine groups is 1. The summed E-state index contributed by atoms with van der Waals surface area (Å²) in [7, 11) is 6.06. The van der Waals surface area contributed by atoms with Gasteiger partial charge in [0.15, 0.2) is 0 Å². The fraction of sp³-hybridized carbons (Fsp3) is 0.316. The average molecular weight is 351 g/mol. The van der Waals surface area contributed by atoms with Crippen molar-refractivity contribution in [2.24, 2.45) is 4.99 Å². The zero-order valence-corrected chi connectivity index (χ0v) is 15.0. The Morgan fingerprint density at radius 1 is 1.15 bits per heavy atom. The van der Waals surface area contributed by atoms with Crippen molar-refractivity contribution in [3.63, 3.8) is 0 Å². The van der Waals surface area contributed by atoms with Crippen LogP contribution >= 0.6 is 0 Å². The molecule has 26 heavy (non-hydrogen) atoms. The number of likely N-dealkylation sites (N-methyl/N-ethyl adjacent to an activating group) is 2. The van der Waals surface area contributed by atoms with Gasteiger partial charge in [-0.15, -0.1) is 0 Å². The zero-order valence-electron chi connectivity index (χ0n) is 15.0. The number of aliphatic imine (C=N–C) groups is 1. The summed E-state index contributed by atoms with van der Waals surface area (Å²) in [4.78, 5) is 19.8.